The molecule has 1 aromatic rings. The molecule has 0 saturated heterocycles. The van der Waals surface area contributed by atoms with Crippen LogP contribution in [0.15, 0.2) is 22.6 Å². The summed E-state index contributed by atoms with van der Waals surface area (Å²) >= 11 is 1.65. The van der Waals surface area contributed by atoms with Crippen LogP contribution in [-0.4, -0.2) is 32.7 Å². The van der Waals surface area contributed by atoms with Crippen LogP contribution in [0.5, 0.6) is 0 Å². The van der Waals surface area contributed by atoms with Crippen molar-refractivity contribution in [3.05, 3.63) is 33.3 Å². The Balaban J connectivity index is 3.06. The van der Waals surface area contributed by atoms with Crippen LogP contribution < -0.4 is 0 Å². The Morgan fingerprint density at radius 2 is 2.00 bits per heavy atom. The maximum Gasteiger partial charge on any atom is 0.333 e. The van der Waals surface area contributed by atoms with Gasteiger partial charge < -0.3 is 9.16 Å². The minimum atomic E-state index is -1.42. The van der Waals surface area contributed by atoms with Gasteiger partial charge in [-0.25, -0.2) is 9.78 Å². The minimum absolute atomic E-state index is 0.0489. The van der Waals surface area contributed by atoms with Crippen LogP contribution in [0.4, 0.5) is 0 Å². The number of carbonyl (C=O) groups excluding carboxylic acids is 1. The first-order valence-corrected chi connectivity index (χ1v) is 12.4. The summed E-state index contributed by atoms with van der Waals surface area (Å²) in [5, 5.41) is 3.30. The zero-order valence-corrected chi connectivity index (χ0v) is 20.1. The molecule has 0 saturated carbocycles. The smallest absolute Gasteiger partial charge is 0.333 e. The van der Waals surface area contributed by atoms with Crippen molar-refractivity contribution >= 4 is 32.4 Å². The summed E-state index contributed by atoms with van der Waals surface area (Å²) in [5.74, 6) is -0.256. The van der Waals surface area contributed by atoms with Crippen molar-refractivity contribution in [2.75, 3.05) is 6.61 Å². The molecule has 1 rings (SSSR count). The van der Waals surface area contributed by atoms with Gasteiger partial charge in [0.1, 0.15) is 0 Å². The van der Waals surface area contributed by atoms with Gasteiger partial charge in [0.15, 0.2) is 9.04 Å². The van der Waals surface area contributed by atoms with Gasteiger partial charge in [-0.15, -0.1) is 11.3 Å². The molecule has 1 unspecified atom stereocenters. The number of ether oxygens (including phenoxy) is 1. The van der Waals surface area contributed by atoms with E-state index in [1.807, 2.05) is 19.9 Å². The minimum Gasteiger partial charge on any atom is -0.463 e. The topological polar surface area (TPSA) is 48.4 Å². The normalized spacial score (nSPS) is 15.6. The number of hydrogen-bond donors (Lipinski definition) is 0. The molecule has 0 bridgehead atoms. The summed E-state index contributed by atoms with van der Waals surface area (Å²) in [6, 6.07) is 1.07. The van der Waals surface area contributed by atoms with Gasteiger partial charge >= 0.3 is 5.97 Å². The van der Waals surface area contributed by atoms with E-state index < -0.39 is 9.04 Å². The van der Waals surface area contributed by atoms with Crippen molar-refractivity contribution in [1.29, 1.82) is 0 Å². The van der Waals surface area contributed by atoms with Crippen molar-refractivity contribution in [2.45, 2.75) is 79.0 Å². The van der Waals surface area contributed by atoms with Gasteiger partial charge in [0.25, 0.3) is 0 Å². The number of carbonyl (C=O) groups is 1. The zero-order valence-electron chi connectivity index (χ0n) is 18.1. The Morgan fingerprint density at radius 3 is 2.48 bits per heavy atom. The predicted molar refractivity (Wildman–Crippen MR) is 118 cm³/mol. The molecule has 27 heavy (non-hydrogen) atoms. The average Bonchev–Trinajstić information content (AvgIpc) is 2.98. The number of nitrogens with zero attached hydrogens (tertiary/aromatic N) is 1. The molecule has 0 N–H and O–H groups in total. The Kier molecular flexibility index (Phi) is 9.63. The fourth-order valence-electron chi connectivity index (χ4n) is 2.84. The van der Waals surface area contributed by atoms with Crippen LogP contribution >= 0.6 is 11.3 Å². The summed E-state index contributed by atoms with van der Waals surface area (Å²) < 4.78 is 11.7. The zero-order chi connectivity index (χ0) is 20.6. The van der Waals surface area contributed by atoms with Gasteiger partial charge in [0, 0.05) is 11.0 Å². The van der Waals surface area contributed by atoms with E-state index in [0.29, 0.717) is 18.6 Å². The molecule has 0 fully saturated rings. The summed E-state index contributed by atoms with van der Waals surface area (Å²) in [4.78, 5) is 16.4. The second-order valence-electron chi connectivity index (χ2n) is 7.91. The molecule has 0 amide bonds. The Bertz CT molecular complexity index is 673. The van der Waals surface area contributed by atoms with E-state index in [-0.39, 0.29) is 17.1 Å². The number of aryl methyl sites for hydroxylation is 1. The number of esters is 1. The number of thiazole rings is 1. The first-order valence-electron chi connectivity index (χ1n) is 9.68. The van der Waals surface area contributed by atoms with Crippen LogP contribution in [0.3, 0.4) is 0 Å². The summed E-state index contributed by atoms with van der Waals surface area (Å²) in [5.41, 5.74) is 2.75. The quantitative estimate of drug-likeness (QED) is 0.299. The molecule has 6 heteroatoms. The molecule has 0 radical (unpaired) electrons. The molecule has 2 atom stereocenters. The molecule has 1 heterocycles. The Hall–Kier alpha value is -1.24. The summed E-state index contributed by atoms with van der Waals surface area (Å²) in [7, 11) is -1.42. The second-order valence-corrected chi connectivity index (χ2v) is 12.8. The lowest BCUT2D eigenvalue weighted by molar-refractivity contribution is -0.138. The third kappa shape index (κ3) is 8.11. The number of hydrogen-bond acceptors (Lipinski definition) is 5. The highest BCUT2D eigenvalue weighted by molar-refractivity contribution is 7.09. The second kappa shape index (κ2) is 10.9. The highest BCUT2D eigenvalue weighted by atomic mass is 32.1. The van der Waals surface area contributed by atoms with Gasteiger partial charge in [-0.1, -0.05) is 33.8 Å². The molecule has 1 aromatic heterocycles. The molecule has 0 aliphatic rings. The van der Waals surface area contributed by atoms with Gasteiger partial charge in [-0.3, -0.25) is 0 Å². The van der Waals surface area contributed by atoms with Crippen LogP contribution in [0.25, 0.3) is 6.08 Å². The molecule has 0 aromatic carbocycles. The maximum atomic E-state index is 11.9. The summed E-state index contributed by atoms with van der Waals surface area (Å²) in [6.07, 6.45) is 4.66. The predicted octanol–water partition coefficient (Wildman–Crippen LogP) is 5.68. The molecular formula is C21H35NO3SSi. The lowest BCUT2D eigenvalue weighted by Crippen LogP contribution is -2.33. The van der Waals surface area contributed by atoms with E-state index in [1.54, 1.807) is 18.3 Å². The van der Waals surface area contributed by atoms with Crippen molar-refractivity contribution in [3.8, 4) is 0 Å². The average molecular weight is 410 g/mol. The molecule has 152 valence electrons. The molecule has 4 nitrogen and oxygen atoms in total. The number of rotatable bonds is 9. The van der Waals surface area contributed by atoms with E-state index in [0.717, 1.165) is 22.3 Å². The van der Waals surface area contributed by atoms with E-state index >= 15 is 0 Å². The highest BCUT2D eigenvalue weighted by Gasteiger charge is 2.29. The van der Waals surface area contributed by atoms with Crippen molar-refractivity contribution in [1.82, 2.24) is 4.98 Å². The first-order chi connectivity index (χ1) is 12.6. The molecular weight excluding hydrogens is 374 g/mol. The number of aromatic nitrogens is 1. The lowest BCUT2D eigenvalue weighted by Gasteiger charge is -2.32. The van der Waals surface area contributed by atoms with Gasteiger partial charge in [-0.2, -0.15) is 0 Å². The maximum absolute atomic E-state index is 11.9. The monoisotopic (exact) mass is 409 g/mol. The largest absolute Gasteiger partial charge is 0.463 e. The SMILES string of the molecule is CCOC(=O)/C(C)=C\C[C@H](O[SiH](CC)C(C)(C)C)/C(C)=C/c1csc(C)n1. The highest BCUT2D eigenvalue weighted by Crippen LogP contribution is 2.32. The van der Waals surface area contributed by atoms with E-state index in [2.05, 4.69) is 51.1 Å². The van der Waals surface area contributed by atoms with Crippen molar-refractivity contribution < 1.29 is 14.0 Å². The Morgan fingerprint density at radius 1 is 1.33 bits per heavy atom. The van der Waals surface area contributed by atoms with E-state index in [1.165, 1.54) is 0 Å². The van der Waals surface area contributed by atoms with E-state index in [4.69, 9.17) is 9.16 Å². The van der Waals surface area contributed by atoms with Crippen LogP contribution in [0.1, 0.15) is 65.6 Å². The molecule has 0 spiro atoms. The molecule has 0 aliphatic carbocycles. The van der Waals surface area contributed by atoms with Crippen molar-refractivity contribution in [2.24, 2.45) is 0 Å². The van der Waals surface area contributed by atoms with Crippen molar-refractivity contribution in [3.63, 3.8) is 0 Å². The molecule has 0 aliphatic heterocycles. The third-order valence-electron chi connectivity index (χ3n) is 4.42. The van der Waals surface area contributed by atoms with Crippen LogP contribution in [0.2, 0.25) is 11.1 Å². The van der Waals surface area contributed by atoms with Crippen LogP contribution in [0, 0.1) is 6.92 Å². The van der Waals surface area contributed by atoms with Gasteiger partial charge in [0.2, 0.25) is 0 Å². The third-order valence-corrected chi connectivity index (χ3v) is 8.54. The van der Waals surface area contributed by atoms with Crippen LogP contribution in [-0.2, 0) is 14.0 Å². The lowest BCUT2D eigenvalue weighted by atomic mass is 10.1. The Labute approximate surface area is 170 Å². The fraction of sp³-hybridized carbons (Fsp3) is 0.619. The standard InChI is InChI=1S/C21H35NO3SSi/c1-9-24-20(23)15(3)11-12-19(25-27(10-2)21(6,7)8)16(4)13-18-14-26-17(5)22-18/h11,13-14,19,27H,9-10,12H2,1-8H3/b15-11-,16-13+/t19-,27?/m0/s1. The van der Waals surface area contributed by atoms with Gasteiger partial charge in [-0.05, 0) is 56.8 Å². The van der Waals surface area contributed by atoms with E-state index in [9.17, 15) is 4.79 Å². The summed E-state index contributed by atoms with van der Waals surface area (Å²) in [6.45, 7) is 17.1. The first kappa shape index (κ1) is 23.8. The van der Waals surface area contributed by atoms with Gasteiger partial charge in [0.05, 0.1) is 23.4 Å². The fourth-order valence-corrected chi connectivity index (χ4v) is 5.96.